The molecule has 5 aromatic rings. The fourth-order valence-electron chi connectivity index (χ4n) is 6.45. The van der Waals surface area contributed by atoms with Crippen molar-refractivity contribution in [2.45, 2.75) is 112 Å². The van der Waals surface area contributed by atoms with E-state index in [1.165, 1.54) is 80.4 Å². The Morgan fingerprint density at radius 2 is 0.939 bits per heavy atom. The van der Waals surface area contributed by atoms with Crippen LogP contribution in [0.5, 0.6) is 11.5 Å². The first kappa shape index (κ1) is 50.0. The molecule has 0 amide bonds. The number of rotatable bonds is 18. The summed E-state index contributed by atoms with van der Waals surface area (Å²) in [6, 6.07) is 6.41. The number of hydrogen-bond donors (Lipinski definition) is 0. The number of unbranched alkanes of at least 4 members (excludes halogenated alkanes) is 10. The standard InChI is InChI=1S/C58H46O4S4/c1-6-9-12-15-18-19-20-21-22-23-24-25-26-27-28-29-30-31-32-35-38-41-62-58(59)51-43-47-46(5)64-57(56(47)66-51)50-44-49-53(61-40-37-34-17-14-11-8-3)54-48(42-45(4)63-54)52(55(49)65-50)60-39-36-33-16-13-10-7-2/h42-44H,7-8,10-11,13-14,16-17,33-34,36-37,39-40H2,1-5H3. The monoisotopic (exact) mass is 934 g/mol. The van der Waals surface area contributed by atoms with Crippen LogP contribution in [0.1, 0.15) is 117 Å². The third-order valence-corrected chi connectivity index (χ3v) is 14.2. The minimum absolute atomic E-state index is 0.467. The van der Waals surface area contributed by atoms with E-state index in [-0.39, 0.29) is 0 Å². The van der Waals surface area contributed by atoms with E-state index in [0.29, 0.717) is 18.1 Å². The molecule has 326 valence electrons. The SMILES string of the molecule is CC#CC#CC#CC#CC#CC#CC#CC#CC#CC#CC#COC(=O)c1cc2c(C)sc(-c3cc4c(OCCCCCCCC)c5sc(C)cc5c(OCCCCCCCC)c4s3)c2s1. The third kappa shape index (κ3) is 15.6. The number of hydrogen-bond acceptors (Lipinski definition) is 8. The van der Waals surface area contributed by atoms with E-state index in [4.69, 9.17) is 14.2 Å². The van der Waals surface area contributed by atoms with Crippen LogP contribution in [-0.2, 0) is 4.74 Å². The Labute approximate surface area is 407 Å². The van der Waals surface area contributed by atoms with Gasteiger partial charge >= 0.3 is 5.97 Å². The molecule has 0 radical (unpaired) electrons. The number of carbonyl (C=O) groups excluding carboxylic acids is 1. The molecule has 0 N–H and O–H groups in total. The number of aryl methyl sites for hydroxylation is 2. The average molecular weight is 935 g/mol. The van der Waals surface area contributed by atoms with Crippen molar-refractivity contribution in [3.63, 3.8) is 0 Å². The average Bonchev–Trinajstić information content (AvgIpc) is 4.12. The summed E-state index contributed by atoms with van der Waals surface area (Å²) >= 11 is 6.67. The molecule has 8 heteroatoms. The van der Waals surface area contributed by atoms with Crippen LogP contribution in [0.2, 0.25) is 0 Å². The molecule has 0 bridgehead atoms. The lowest BCUT2D eigenvalue weighted by Crippen LogP contribution is -2.00. The van der Waals surface area contributed by atoms with Gasteiger partial charge in [-0.05, 0) is 99.2 Å². The molecule has 1 aromatic carbocycles. The summed E-state index contributed by atoms with van der Waals surface area (Å²) in [5.41, 5.74) is 0. The normalized spacial score (nSPS) is 9.17. The first-order valence-electron chi connectivity index (χ1n) is 21.9. The van der Waals surface area contributed by atoms with Gasteiger partial charge in [0.15, 0.2) is 0 Å². The molecule has 0 saturated carbocycles. The molecule has 0 atom stereocenters. The van der Waals surface area contributed by atoms with Crippen molar-refractivity contribution >= 4 is 81.6 Å². The van der Waals surface area contributed by atoms with Crippen molar-refractivity contribution < 1.29 is 19.0 Å². The van der Waals surface area contributed by atoms with Crippen LogP contribution in [0, 0.1) is 144 Å². The summed E-state index contributed by atoms with van der Waals surface area (Å²) in [6.45, 7) is 11.8. The molecule has 5 rings (SSSR count). The van der Waals surface area contributed by atoms with Crippen LogP contribution in [0.15, 0.2) is 18.2 Å². The van der Waals surface area contributed by atoms with Crippen molar-refractivity contribution in [3.8, 4) is 152 Å². The van der Waals surface area contributed by atoms with E-state index < -0.39 is 5.97 Å². The summed E-state index contributed by atoms with van der Waals surface area (Å²) in [7, 11) is 0. The van der Waals surface area contributed by atoms with E-state index >= 15 is 0 Å². The van der Waals surface area contributed by atoms with Gasteiger partial charge in [-0.3, -0.25) is 0 Å². The Morgan fingerprint density at radius 3 is 1.45 bits per heavy atom. The summed E-state index contributed by atoms with van der Waals surface area (Å²) < 4.78 is 22.0. The van der Waals surface area contributed by atoms with E-state index in [2.05, 4.69) is 170 Å². The van der Waals surface area contributed by atoms with E-state index in [0.717, 1.165) is 69.2 Å². The van der Waals surface area contributed by atoms with Crippen LogP contribution in [0.4, 0.5) is 0 Å². The van der Waals surface area contributed by atoms with Gasteiger partial charge in [-0.2, -0.15) is 0 Å². The Morgan fingerprint density at radius 1 is 0.485 bits per heavy atom. The highest BCUT2D eigenvalue weighted by molar-refractivity contribution is 7.31. The van der Waals surface area contributed by atoms with Crippen molar-refractivity contribution in [2.24, 2.45) is 0 Å². The van der Waals surface area contributed by atoms with Crippen LogP contribution in [-0.4, -0.2) is 19.2 Å². The second-order valence-electron chi connectivity index (χ2n) is 14.4. The largest absolute Gasteiger partial charge is 0.491 e. The van der Waals surface area contributed by atoms with Gasteiger partial charge in [0, 0.05) is 102 Å². The molecule has 0 unspecified atom stereocenters. The fourth-order valence-corrected chi connectivity index (χ4v) is 11.2. The van der Waals surface area contributed by atoms with Gasteiger partial charge in [0.1, 0.15) is 22.5 Å². The summed E-state index contributed by atoms with van der Waals surface area (Å²) in [4.78, 5) is 18.2. The lowest BCUT2D eigenvalue weighted by atomic mass is 10.1. The lowest BCUT2D eigenvalue weighted by Gasteiger charge is -2.14. The quantitative estimate of drug-likeness (QED) is 0.0499. The van der Waals surface area contributed by atoms with Crippen molar-refractivity contribution in [2.75, 3.05) is 13.2 Å². The highest BCUT2D eigenvalue weighted by Gasteiger charge is 2.25. The maximum absolute atomic E-state index is 13.2. The predicted molar refractivity (Wildman–Crippen MR) is 280 cm³/mol. The highest BCUT2D eigenvalue weighted by Crippen LogP contribution is 2.53. The topological polar surface area (TPSA) is 44.8 Å². The van der Waals surface area contributed by atoms with Gasteiger partial charge in [0.05, 0.1) is 32.2 Å². The van der Waals surface area contributed by atoms with Crippen LogP contribution < -0.4 is 9.47 Å². The third-order valence-electron chi connectivity index (χ3n) is 9.48. The van der Waals surface area contributed by atoms with Gasteiger partial charge in [0.25, 0.3) is 0 Å². The van der Waals surface area contributed by atoms with Crippen molar-refractivity contribution in [3.05, 3.63) is 32.8 Å². The minimum Gasteiger partial charge on any atom is -0.491 e. The van der Waals surface area contributed by atoms with Gasteiger partial charge < -0.3 is 14.2 Å². The number of benzene rings is 1. The number of fused-ring (bicyclic) bond motifs is 3. The highest BCUT2D eigenvalue weighted by atomic mass is 32.1. The molecule has 0 saturated heterocycles. The minimum atomic E-state index is -0.532. The Kier molecular flexibility index (Phi) is 21.8. The Bertz CT molecular complexity index is 3220. The number of ether oxygens (including phenoxy) is 3. The van der Waals surface area contributed by atoms with E-state index in [1.807, 2.05) is 6.07 Å². The molecular weight excluding hydrogens is 889 g/mol. The second kappa shape index (κ2) is 28.7. The van der Waals surface area contributed by atoms with Gasteiger partial charge in [-0.1, -0.05) is 84.0 Å². The fraction of sp³-hybridized carbons (Fsp3) is 0.328. The molecule has 4 heterocycles. The molecule has 0 spiro atoms. The smallest absolute Gasteiger partial charge is 0.362 e. The predicted octanol–water partition coefficient (Wildman–Crippen LogP) is 13.3. The maximum atomic E-state index is 13.2. The summed E-state index contributed by atoms with van der Waals surface area (Å²) in [6.07, 6.45) is 16.8. The number of esters is 1. The molecule has 0 aliphatic rings. The second-order valence-corrected chi connectivity index (χ2v) is 19.0. The zero-order valence-electron chi connectivity index (χ0n) is 37.9. The zero-order chi connectivity index (χ0) is 46.6. The summed E-state index contributed by atoms with van der Waals surface area (Å²) in [5, 5.41) is 3.25. The lowest BCUT2D eigenvalue weighted by molar-refractivity contribution is 0.0696. The molecule has 0 aliphatic carbocycles. The first-order chi connectivity index (χ1) is 32.5. The van der Waals surface area contributed by atoms with Crippen LogP contribution in [0.3, 0.4) is 0 Å². The Hall–Kier alpha value is -6.97. The maximum Gasteiger partial charge on any atom is 0.362 e. The number of thiophene rings is 4. The summed E-state index contributed by atoms with van der Waals surface area (Å²) in [5.74, 6) is 54.9. The van der Waals surface area contributed by atoms with Gasteiger partial charge in [-0.25, -0.2) is 4.79 Å². The van der Waals surface area contributed by atoms with E-state index in [1.54, 1.807) is 40.9 Å². The first-order valence-corrected chi connectivity index (χ1v) is 25.1. The Balaban J connectivity index is 1.28. The molecule has 0 fully saturated rings. The van der Waals surface area contributed by atoms with Crippen molar-refractivity contribution in [1.29, 1.82) is 0 Å². The molecular formula is C58H46O4S4. The van der Waals surface area contributed by atoms with Gasteiger partial charge in [0.2, 0.25) is 0 Å². The van der Waals surface area contributed by atoms with Crippen LogP contribution >= 0.6 is 45.3 Å². The molecule has 0 aliphatic heterocycles. The van der Waals surface area contributed by atoms with E-state index in [9.17, 15) is 4.79 Å². The molecule has 66 heavy (non-hydrogen) atoms. The van der Waals surface area contributed by atoms with Crippen molar-refractivity contribution in [1.82, 2.24) is 0 Å². The van der Waals surface area contributed by atoms with Crippen LogP contribution in [0.25, 0.3) is 40.0 Å². The zero-order valence-corrected chi connectivity index (χ0v) is 41.2. The molecule has 4 nitrogen and oxygen atoms in total. The number of carbonyl (C=O) groups is 1. The van der Waals surface area contributed by atoms with Gasteiger partial charge in [-0.15, -0.1) is 45.3 Å². The molecule has 4 aromatic heterocycles.